The first-order valence-electron chi connectivity index (χ1n) is 8.17. The number of rotatable bonds is 6. The fourth-order valence-corrected chi connectivity index (χ4v) is 4.71. The van der Waals surface area contributed by atoms with Crippen LogP contribution in [0, 0.1) is 6.92 Å². The van der Waals surface area contributed by atoms with Crippen LogP contribution in [0.1, 0.15) is 51.0 Å². The molecule has 1 aliphatic rings. The second kappa shape index (κ2) is 7.55. The Kier molecular flexibility index (Phi) is 5.98. The fraction of sp³-hybridized carbons (Fsp3) is 0.647. The molecule has 0 radical (unpaired) electrons. The zero-order chi connectivity index (χ0) is 16.2. The quantitative estimate of drug-likeness (QED) is 0.739. The highest BCUT2D eigenvalue weighted by Gasteiger charge is 2.36. The van der Waals surface area contributed by atoms with E-state index in [2.05, 4.69) is 6.92 Å². The second-order valence-corrected chi connectivity index (χ2v) is 8.09. The van der Waals surface area contributed by atoms with Crippen LogP contribution in [-0.2, 0) is 10.0 Å². The summed E-state index contributed by atoms with van der Waals surface area (Å²) < 4.78 is 41.0. The molecule has 1 heterocycles. The van der Waals surface area contributed by atoms with Crippen LogP contribution in [0.4, 0.5) is 4.39 Å². The first-order chi connectivity index (χ1) is 10.4. The Labute approximate surface area is 133 Å². The minimum absolute atomic E-state index is 0.207. The van der Waals surface area contributed by atoms with Crippen molar-refractivity contribution < 1.29 is 12.8 Å². The third-order valence-electron chi connectivity index (χ3n) is 4.37. The van der Waals surface area contributed by atoms with Crippen molar-refractivity contribution in [2.45, 2.75) is 69.5 Å². The van der Waals surface area contributed by atoms with Gasteiger partial charge in [-0.1, -0.05) is 43.9 Å². The Bertz CT molecular complexity index is 571. The summed E-state index contributed by atoms with van der Waals surface area (Å²) in [6.07, 6.45) is 3.59. The molecule has 1 aliphatic heterocycles. The number of halogens is 1. The molecule has 0 bridgehead atoms. The smallest absolute Gasteiger partial charge is 0.243 e. The summed E-state index contributed by atoms with van der Waals surface area (Å²) >= 11 is 0. The molecule has 22 heavy (non-hydrogen) atoms. The second-order valence-electron chi connectivity index (χ2n) is 6.20. The number of nitrogens with zero attached hydrogens (tertiary/aromatic N) is 1. The van der Waals surface area contributed by atoms with E-state index in [0.29, 0.717) is 17.7 Å². The number of aryl methyl sites for hydroxylation is 1. The monoisotopic (exact) mass is 327 g/mol. The summed E-state index contributed by atoms with van der Waals surface area (Å²) in [4.78, 5) is 0.316. The van der Waals surface area contributed by atoms with Gasteiger partial charge in [-0.3, -0.25) is 0 Å². The van der Waals surface area contributed by atoms with Gasteiger partial charge in [-0.05, 0) is 38.3 Å². The number of piperidine rings is 1. The van der Waals surface area contributed by atoms with Gasteiger partial charge < -0.3 is 0 Å². The maximum Gasteiger partial charge on any atom is 0.243 e. The molecular formula is C17H26FNO2S. The molecule has 0 unspecified atom stereocenters. The zero-order valence-electron chi connectivity index (χ0n) is 13.5. The molecule has 1 fully saturated rings. The lowest BCUT2D eigenvalue weighted by molar-refractivity contribution is 0.148. The number of hydrogen-bond donors (Lipinski definition) is 0. The first-order valence-corrected chi connectivity index (χ1v) is 9.61. The third kappa shape index (κ3) is 4.07. The Morgan fingerprint density at radius 3 is 2.55 bits per heavy atom. The number of unbranched alkanes of at least 4 members (excludes halogenated alkanes) is 2. The largest absolute Gasteiger partial charge is 0.247 e. The van der Waals surface area contributed by atoms with Gasteiger partial charge in [0.25, 0.3) is 0 Å². The Hall–Kier alpha value is -0.940. The summed E-state index contributed by atoms with van der Waals surface area (Å²) in [6, 6.07) is 6.70. The highest BCUT2D eigenvalue weighted by atomic mass is 32.2. The molecule has 0 amide bonds. The maximum atomic E-state index is 13.7. The van der Waals surface area contributed by atoms with E-state index in [-0.39, 0.29) is 12.6 Å². The molecule has 1 aromatic rings. The Morgan fingerprint density at radius 2 is 1.91 bits per heavy atom. The molecule has 2 rings (SSSR count). The predicted molar refractivity (Wildman–Crippen MR) is 87.1 cm³/mol. The van der Waals surface area contributed by atoms with Gasteiger partial charge in [0.15, 0.2) is 0 Å². The van der Waals surface area contributed by atoms with Crippen molar-refractivity contribution in [2.24, 2.45) is 0 Å². The molecule has 2 atom stereocenters. The molecule has 0 spiro atoms. The average molecular weight is 327 g/mol. The van der Waals surface area contributed by atoms with Crippen molar-refractivity contribution in [3.05, 3.63) is 29.8 Å². The number of alkyl halides is 1. The van der Waals surface area contributed by atoms with E-state index >= 15 is 0 Å². The molecular weight excluding hydrogens is 301 g/mol. The third-order valence-corrected chi connectivity index (χ3v) is 6.33. The van der Waals surface area contributed by atoms with Crippen LogP contribution in [-0.4, -0.2) is 31.5 Å². The van der Waals surface area contributed by atoms with Gasteiger partial charge in [-0.2, -0.15) is 4.31 Å². The first kappa shape index (κ1) is 17.4. The Morgan fingerprint density at radius 1 is 1.23 bits per heavy atom. The van der Waals surface area contributed by atoms with Crippen molar-refractivity contribution in [1.29, 1.82) is 0 Å². The molecule has 1 saturated heterocycles. The van der Waals surface area contributed by atoms with E-state index in [1.165, 1.54) is 4.31 Å². The number of hydrogen-bond acceptors (Lipinski definition) is 2. The van der Waals surface area contributed by atoms with Crippen LogP contribution in [0.5, 0.6) is 0 Å². The summed E-state index contributed by atoms with van der Waals surface area (Å²) in [7, 11) is -3.52. The van der Waals surface area contributed by atoms with Gasteiger partial charge in [0.1, 0.15) is 6.17 Å². The lowest BCUT2D eigenvalue weighted by Crippen LogP contribution is -2.46. The van der Waals surface area contributed by atoms with Gasteiger partial charge in [0.05, 0.1) is 4.90 Å². The highest BCUT2D eigenvalue weighted by molar-refractivity contribution is 7.89. The van der Waals surface area contributed by atoms with E-state index in [1.807, 2.05) is 6.92 Å². The summed E-state index contributed by atoms with van der Waals surface area (Å²) in [5.41, 5.74) is 1.03. The minimum atomic E-state index is -3.52. The van der Waals surface area contributed by atoms with E-state index in [4.69, 9.17) is 0 Å². The molecule has 0 aliphatic carbocycles. The van der Waals surface area contributed by atoms with Crippen molar-refractivity contribution in [1.82, 2.24) is 4.31 Å². The van der Waals surface area contributed by atoms with Crippen molar-refractivity contribution >= 4 is 10.0 Å². The van der Waals surface area contributed by atoms with Crippen molar-refractivity contribution in [3.63, 3.8) is 0 Å². The van der Waals surface area contributed by atoms with Gasteiger partial charge in [0, 0.05) is 12.6 Å². The molecule has 124 valence electrons. The van der Waals surface area contributed by atoms with Gasteiger partial charge in [-0.15, -0.1) is 0 Å². The lowest BCUT2D eigenvalue weighted by Gasteiger charge is -2.36. The fourth-order valence-electron chi connectivity index (χ4n) is 3.03. The normalized spacial score (nSPS) is 23.6. The molecule has 0 aromatic heterocycles. The van der Waals surface area contributed by atoms with Crippen LogP contribution in [0.3, 0.4) is 0 Å². The highest BCUT2D eigenvalue weighted by Crippen LogP contribution is 2.29. The summed E-state index contributed by atoms with van der Waals surface area (Å²) in [5.74, 6) is 0. The number of benzene rings is 1. The van der Waals surface area contributed by atoms with Gasteiger partial charge in [-0.25, -0.2) is 12.8 Å². The Balaban J connectivity index is 2.19. The average Bonchev–Trinajstić information content (AvgIpc) is 2.48. The van der Waals surface area contributed by atoms with Crippen molar-refractivity contribution in [2.75, 3.05) is 6.54 Å². The topological polar surface area (TPSA) is 37.4 Å². The molecule has 5 heteroatoms. The van der Waals surface area contributed by atoms with Crippen LogP contribution in [0.15, 0.2) is 29.2 Å². The van der Waals surface area contributed by atoms with Crippen molar-refractivity contribution in [3.8, 4) is 0 Å². The summed E-state index contributed by atoms with van der Waals surface area (Å²) in [6.45, 7) is 4.33. The predicted octanol–water partition coefficient (Wildman–Crippen LogP) is 4.07. The van der Waals surface area contributed by atoms with Crippen LogP contribution >= 0.6 is 0 Å². The van der Waals surface area contributed by atoms with Crippen LogP contribution in [0.25, 0.3) is 0 Å². The minimum Gasteiger partial charge on any atom is -0.247 e. The van der Waals surface area contributed by atoms with E-state index in [0.717, 1.165) is 31.2 Å². The molecule has 0 saturated carbocycles. The lowest BCUT2D eigenvalue weighted by atomic mass is 9.98. The number of sulfonamides is 1. The SMILES string of the molecule is CCCCC[C@@H]1C[C@@H](F)CCN1S(=O)(=O)c1ccc(C)cc1. The molecule has 1 aromatic carbocycles. The summed E-state index contributed by atoms with van der Waals surface area (Å²) in [5, 5.41) is 0. The van der Waals surface area contributed by atoms with Gasteiger partial charge in [0.2, 0.25) is 10.0 Å². The molecule has 3 nitrogen and oxygen atoms in total. The standard InChI is InChI=1S/C17H26FNO2S/c1-3-4-5-6-16-13-15(18)11-12-19(16)22(20,21)17-9-7-14(2)8-10-17/h7-10,15-16H,3-6,11-13H2,1-2H3/t15-,16+/m0/s1. The maximum absolute atomic E-state index is 13.7. The van der Waals surface area contributed by atoms with Crippen LogP contribution < -0.4 is 0 Å². The molecule has 0 N–H and O–H groups in total. The van der Waals surface area contributed by atoms with E-state index in [9.17, 15) is 12.8 Å². The van der Waals surface area contributed by atoms with E-state index in [1.54, 1.807) is 24.3 Å². The van der Waals surface area contributed by atoms with Gasteiger partial charge >= 0.3 is 0 Å². The van der Waals surface area contributed by atoms with E-state index < -0.39 is 16.2 Å². The zero-order valence-corrected chi connectivity index (χ0v) is 14.3. The van der Waals surface area contributed by atoms with Crippen LogP contribution in [0.2, 0.25) is 0 Å².